The smallest absolute Gasteiger partial charge is 0.253 e. The van der Waals surface area contributed by atoms with Gasteiger partial charge < -0.3 is 9.80 Å². The predicted octanol–water partition coefficient (Wildman–Crippen LogP) is 2.47. The van der Waals surface area contributed by atoms with Crippen molar-refractivity contribution in [3.8, 4) is 0 Å². The first-order chi connectivity index (χ1) is 10.6. The zero-order valence-electron chi connectivity index (χ0n) is 13.3. The third kappa shape index (κ3) is 3.16. The number of amides is 2. The number of rotatable bonds is 2. The Balaban J connectivity index is 1.57. The lowest BCUT2D eigenvalue weighted by Gasteiger charge is -2.33. The van der Waals surface area contributed by atoms with E-state index < -0.39 is 0 Å². The fourth-order valence-electron chi connectivity index (χ4n) is 3.49. The second-order valence-corrected chi connectivity index (χ2v) is 6.47. The van der Waals surface area contributed by atoms with Crippen LogP contribution < -0.4 is 0 Å². The fraction of sp³-hybridized carbons (Fsp3) is 0.556. The lowest BCUT2D eigenvalue weighted by molar-refractivity contribution is -0.135. The van der Waals surface area contributed by atoms with Crippen LogP contribution in [0.25, 0.3) is 0 Å². The van der Waals surface area contributed by atoms with Gasteiger partial charge in [0.15, 0.2) is 0 Å². The predicted molar refractivity (Wildman–Crippen MR) is 85.6 cm³/mol. The molecular weight excluding hydrogens is 276 g/mol. The van der Waals surface area contributed by atoms with E-state index in [1.165, 1.54) is 0 Å². The third-order valence-electron chi connectivity index (χ3n) is 4.81. The van der Waals surface area contributed by atoms with Crippen LogP contribution in [0, 0.1) is 12.8 Å². The van der Waals surface area contributed by atoms with E-state index in [1.807, 2.05) is 41.0 Å². The van der Waals surface area contributed by atoms with Crippen LogP contribution in [0.15, 0.2) is 24.3 Å². The van der Waals surface area contributed by atoms with E-state index in [1.54, 1.807) is 0 Å². The topological polar surface area (TPSA) is 40.6 Å². The molecule has 1 aromatic carbocycles. The maximum atomic E-state index is 12.5. The molecule has 0 unspecified atom stereocenters. The zero-order chi connectivity index (χ0) is 15.5. The number of aryl methyl sites for hydroxylation is 1. The number of nitrogens with zero attached hydrogens (tertiary/aromatic N) is 2. The minimum atomic E-state index is 0.0933. The van der Waals surface area contributed by atoms with Crippen molar-refractivity contribution in [2.75, 3.05) is 26.2 Å². The van der Waals surface area contributed by atoms with Gasteiger partial charge in [-0.15, -0.1) is 0 Å². The highest BCUT2D eigenvalue weighted by atomic mass is 16.2. The molecule has 0 bridgehead atoms. The summed E-state index contributed by atoms with van der Waals surface area (Å²) in [6, 6.07) is 7.73. The fourth-order valence-corrected chi connectivity index (χ4v) is 3.49. The van der Waals surface area contributed by atoms with Gasteiger partial charge in [0.05, 0.1) is 0 Å². The Morgan fingerprint density at radius 2 is 1.68 bits per heavy atom. The van der Waals surface area contributed by atoms with Gasteiger partial charge >= 0.3 is 0 Å². The molecule has 2 fully saturated rings. The Morgan fingerprint density at radius 3 is 2.32 bits per heavy atom. The van der Waals surface area contributed by atoms with Gasteiger partial charge in [-0.1, -0.05) is 17.7 Å². The second kappa shape index (κ2) is 6.51. The molecule has 2 saturated heterocycles. The highest BCUT2D eigenvalue weighted by Crippen LogP contribution is 2.23. The quantitative estimate of drug-likeness (QED) is 0.842. The third-order valence-corrected chi connectivity index (χ3v) is 4.81. The standard InChI is InChI=1S/C18H24N2O2/c1-14-5-4-6-16(13-14)18(22)20-11-7-15(8-12-20)17(21)19-9-2-3-10-19/h4-6,13,15H,2-3,7-12H2,1H3. The van der Waals surface area contributed by atoms with Crippen molar-refractivity contribution in [1.29, 1.82) is 0 Å². The summed E-state index contributed by atoms with van der Waals surface area (Å²) in [4.78, 5) is 28.8. The van der Waals surface area contributed by atoms with E-state index in [0.717, 1.165) is 49.9 Å². The van der Waals surface area contributed by atoms with Crippen molar-refractivity contribution in [2.24, 2.45) is 5.92 Å². The highest BCUT2D eigenvalue weighted by Gasteiger charge is 2.31. The van der Waals surface area contributed by atoms with Crippen LogP contribution in [0.1, 0.15) is 41.6 Å². The van der Waals surface area contributed by atoms with Crippen molar-refractivity contribution >= 4 is 11.8 Å². The van der Waals surface area contributed by atoms with Crippen molar-refractivity contribution in [2.45, 2.75) is 32.6 Å². The Kier molecular flexibility index (Phi) is 4.46. The molecule has 1 aromatic rings. The van der Waals surface area contributed by atoms with Crippen LogP contribution in [-0.2, 0) is 4.79 Å². The molecule has 4 nitrogen and oxygen atoms in total. The summed E-state index contributed by atoms with van der Waals surface area (Å²) < 4.78 is 0. The molecule has 0 radical (unpaired) electrons. The molecule has 0 spiro atoms. The average molecular weight is 300 g/mol. The van der Waals surface area contributed by atoms with Gasteiger partial charge in [-0.2, -0.15) is 0 Å². The SMILES string of the molecule is Cc1cccc(C(=O)N2CCC(C(=O)N3CCCC3)CC2)c1. The molecule has 2 heterocycles. The van der Waals surface area contributed by atoms with E-state index in [0.29, 0.717) is 19.0 Å². The summed E-state index contributed by atoms with van der Waals surface area (Å²) >= 11 is 0. The van der Waals surface area contributed by atoms with Crippen LogP contribution in [0.5, 0.6) is 0 Å². The van der Waals surface area contributed by atoms with Crippen LogP contribution in [-0.4, -0.2) is 47.8 Å². The molecule has 0 atom stereocenters. The molecule has 118 valence electrons. The van der Waals surface area contributed by atoms with E-state index in [-0.39, 0.29) is 11.8 Å². The average Bonchev–Trinajstić information content (AvgIpc) is 3.08. The van der Waals surface area contributed by atoms with Crippen LogP contribution >= 0.6 is 0 Å². The van der Waals surface area contributed by atoms with Gasteiger partial charge in [-0.05, 0) is 44.7 Å². The van der Waals surface area contributed by atoms with Gasteiger partial charge in [0.25, 0.3) is 5.91 Å². The number of carbonyl (C=O) groups is 2. The first-order valence-corrected chi connectivity index (χ1v) is 8.30. The Hall–Kier alpha value is -1.84. The van der Waals surface area contributed by atoms with Gasteiger partial charge in [-0.25, -0.2) is 0 Å². The van der Waals surface area contributed by atoms with E-state index in [9.17, 15) is 9.59 Å². The van der Waals surface area contributed by atoms with Crippen LogP contribution in [0.4, 0.5) is 0 Å². The number of carbonyl (C=O) groups excluding carboxylic acids is 2. The van der Waals surface area contributed by atoms with Gasteiger partial charge in [0.2, 0.25) is 5.91 Å². The van der Waals surface area contributed by atoms with Gasteiger partial charge in [0, 0.05) is 37.7 Å². The van der Waals surface area contributed by atoms with Crippen LogP contribution in [0.2, 0.25) is 0 Å². The van der Waals surface area contributed by atoms with Gasteiger partial charge in [0.1, 0.15) is 0 Å². The first-order valence-electron chi connectivity index (χ1n) is 8.30. The summed E-state index contributed by atoms with van der Waals surface area (Å²) in [5.41, 5.74) is 1.86. The maximum Gasteiger partial charge on any atom is 0.253 e. The molecule has 4 heteroatoms. The van der Waals surface area contributed by atoms with Gasteiger partial charge in [-0.3, -0.25) is 9.59 Å². The normalized spacial score (nSPS) is 19.5. The molecular formula is C18H24N2O2. The minimum Gasteiger partial charge on any atom is -0.342 e. The summed E-state index contributed by atoms with van der Waals surface area (Å²) in [7, 11) is 0. The van der Waals surface area contributed by atoms with Crippen LogP contribution in [0.3, 0.4) is 0 Å². The minimum absolute atomic E-state index is 0.0933. The number of hydrogen-bond donors (Lipinski definition) is 0. The lowest BCUT2D eigenvalue weighted by Crippen LogP contribution is -2.43. The van der Waals surface area contributed by atoms with E-state index >= 15 is 0 Å². The van der Waals surface area contributed by atoms with Crippen molar-refractivity contribution in [3.63, 3.8) is 0 Å². The van der Waals surface area contributed by atoms with E-state index in [2.05, 4.69) is 0 Å². The second-order valence-electron chi connectivity index (χ2n) is 6.47. The number of likely N-dealkylation sites (tertiary alicyclic amines) is 2. The largest absolute Gasteiger partial charge is 0.342 e. The molecule has 0 aromatic heterocycles. The summed E-state index contributed by atoms with van der Waals surface area (Å²) in [6.07, 6.45) is 3.87. The van der Waals surface area contributed by atoms with E-state index in [4.69, 9.17) is 0 Å². The number of benzene rings is 1. The first kappa shape index (κ1) is 15.1. The Bertz CT molecular complexity index is 556. The highest BCUT2D eigenvalue weighted by molar-refractivity contribution is 5.94. The summed E-state index contributed by atoms with van der Waals surface area (Å²) in [5, 5.41) is 0. The zero-order valence-corrected chi connectivity index (χ0v) is 13.3. The monoisotopic (exact) mass is 300 g/mol. The number of hydrogen-bond acceptors (Lipinski definition) is 2. The number of piperidine rings is 1. The summed E-state index contributed by atoms with van der Waals surface area (Å²) in [5.74, 6) is 0.510. The molecule has 0 N–H and O–H groups in total. The van der Waals surface area contributed by atoms with Crippen molar-refractivity contribution in [3.05, 3.63) is 35.4 Å². The molecule has 0 saturated carbocycles. The molecule has 2 aliphatic rings. The lowest BCUT2D eigenvalue weighted by atomic mass is 9.94. The van der Waals surface area contributed by atoms with Crippen molar-refractivity contribution in [1.82, 2.24) is 9.80 Å². The molecule has 0 aliphatic carbocycles. The van der Waals surface area contributed by atoms with Crippen molar-refractivity contribution < 1.29 is 9.59 Å². The molecule has 2 amide bonds. The Labute approximate surface area is 132 Å². The molecule has 22 heavy (non-hydrogen) atoms. The molecule has 2 aliphatic heterocycles. The Morgan fingerprint density at radius 1 is 1.00 bits per heavy atom. The maximum absolute atomic E-state index is 12.5. The summed E-state index contributed by atoms with van der Waals surface area (Å²) in [6.45, 7) is 5.22. The molecule has 3 rings (SSSR count).